The predicted octanol–water partition coefficient (Wildman–Crippen LogP) is 0.681. The number of nitrogens with zero attached hydrogens (tertiary/aromatic N) is 2. The van der Waals surface area contributed by atoms with Crippen molar-refractivity contribution in [3.05, 3.63) is 30.1 Å². The van der Waals surface area contributed by atoms with Crippen LogP contribution in [0, 0.1) is 11.8 Å². The number of amides is 4. The third-order valence-electron chi connectivity index (χ3n) is 5.07. The van der Waals surface area contributed by atoms with Crippen LogP contribution in [0.25, 0.3) is 0 Å². The van der Waals surface area contributed by atoms with Gasteiger partial charge in [0.2, 0.25) is 11.8 Å². The van der Waals surface area contributed by atoms with Crippen LogP contribution in [0.3, 0.4) is 0 Å². The van der Waals surface area contributed by atoms with Crippen LogP contribution in [0.5, 0.6) is 0 Å². The number of hydrogen-bond donors (Lipinski definition) is 2. The lowest BCUT2D eigenvalue weighted by Crippen LogP contribution is -2.62. The number of imide groups is 1. The van der Waals surface area contributed by atoms with E-state index in [1.165, 1.54) is 12.0 Å². The van der Waals surface area contributed by atoms with Gasteiger partial charge in [-0.05, 0) is 30.9 Å². The summed E-state index contributed by atoms with van der Waals surface area (Å²) in [6.07, 6.45) is 5.12. The van der Waals surface area contributed by atoms with Crippen LogP contribution >= 0.6 is 0 Å². The smallest absolute Gasteiger partial charge is 0.324 e. The average molecular weight is 360 g/mol. The Labute approximate surface area is 152 Å². The molecule has 26 heavy (non-hydrogen) atoms. The van der Waals surface area contributed by atoms with E-state index in [1.807, 2.05) is 12.1 Å². The molecule has 0 spiro atoms. The summed E-state index contributed by atoms with van der Waals surface area (Å²) in [5.41, 5.74) is 0.935. The van der Waals surface area contributed by atoms with Gasteiger partial charge in [-0.2, -0.15) is 0 Å². The molecule has 2 heterocycles. The largest absolute Gasteiger partial charge is 0.383 e. The molecule has 0 bridgehead atoms. The molecular formula is C18H24N4O4. The van der Waals surface area contributed by atoms with E-state index in [0.717, 1.165) is 5.56 Å². The van der Waals surface area contributed by atoms with Crippen LogP contribution in [0.2, 0.25) is 0 Å². The zero-order valence-electron chi connectivity index (χ0n) is 14.8. The Morgan fingerprint density at radius 3 is 3.00 bits per heavy atom. The summed E-state index contributed by atoms with van der Waals surface area (Å²) in [6, 6.07) is 3.05. The van der Waals surface area contributed by atoms with E-state index in [0.29, 0.717) is 32.4 Å². The fourth-order valence-corrected chi connectivity index (χ4v) is 3.63. The number of pyridine rings is 1. The van der Waals surface area contributed by atoms with Crippen LogP contribution < -0.4 is 10.6 Å². The van der Waals surface area contributed by atoms with Gasteiger partial charge in [0, 0.05) is 38.0 Å². The van der Waals surface area contributed by atoms with Crippen LogP contribution in [-0.2, 0) is 20.9 Å². The predicted molar refractivity (Wildman–Crippen MR) is 92.8 cm³/mol. The van der Waals surface area contributed by atoms with E-state index in [2.05, 4.69) is 15.6 Å². The molecule has 2 aliphatic rings. The van der Waals surface area contributed by atoms with Crippen molar-refractivity contribution in [2.75, 3.05) is 20.3 Å². The zero-order chi connectivity index (χ0) is 18.5. The first-order valence-electron chi connectivity index (χ1n) is 8.87. The monoisotopic (exact) mass is 360 g/mol. The van der Waals surface area contributed by atoms with Gasteiger partial charge in [-0.25, -0.2) is 4.79 Å². The number of ether oxygens (including phenoxy) is 1. The number of carbonyl (C=O) groups excluding carboxylic acids is 3. The van der Waals surface area contributed by atoms with Crippen molar-refractivity contribution in [1.82, 2.24) is 20.5 Å². The van der Waals surface area contributed by atoms with Gasteiger partial charge >= 0.3 is 6.03 Å². The maximum Gasteiger partial charge on any atom is 0.324 e. The highest BCUT2D eigenvalue weighted by Crippen LogP contribution is 2.33. The number of nitrogens with one attached hydrogen (secondary N) is 2. The third kappa shape index (κ3) is 4.01. The quantitative estimate of drug-likeness (QED) is 0.777. The summed E-state index contributed by atoms with van der Waals surface area (Å²) in [7, 11) is 1.53. The van der Waals surface area contributed by atoms with E-state index >= 15 is 0 Å². The lowest BCUT2D eigenvalue weighted by atomic mass is 9.76. The molecule has 3 rings (SSSR count). The highest BCUT2D eigenvalue weighted by Gasteiger charge is 2.45. The molecule has 1 aromatic heterocycles. The van der Waals surface area contributed by atoms with Crippen LogP contribution in [-0.4, -0.2) is 54.0 Å². The molecule has 3 atom stereocenters. The second kappa shape index (κ2) is 8.27. The standard InChI is InChI=1S/C18H24N4O4/c1-26-8-7-22-17(24)14-5-4-13(9-15(14)21-18(22)25)16(23)20-11-12-3-2-6-19-10-12/h2-3,6,10,13-15H,4-5,7-9,11H2,1H3,(H,20,23)(H,21,25). The van der Waals surface area contributed by atoms with Crippen molar-refractivity contribution < 1.29 is 19.1 Å². The summed E-state index contributed by atoms with van der Waals surface area (Å²) in [5, 5.41) is 5.81. The van der Waals surface area contributed by atoms with E-state index in [-0.39, 0.29) is 36.2 Å². The minimum atomic E-state index is -0.398. The second-order valence-corrected chi connectivity index (χ2v) is 6.73. The Morgan fingerprint density at radius 2 is 2.27 bits per heavy atom. The minimum absolute atomic E-state index is 0.0455. The van der Waals surface area contributed by atoms with Gasteiger partial charge in [0.25, 0.3) is 0 Å². The van der Waals surface area contributed by atoms with Crippen molar-refractivity contribution in [1.29, 1.82) is 0 Å². The molecule has 1 aliphatic carbocycles. The van der Waals surface area contributed by atoms with Crippen molar-refractivity contribution >= 4 is 17.8 Å². The van der Waals surface area contributed by atoms with Gasteiger partial charge in [-0.3, -0.25) is 19.5 Å². The van der Waals surface area contributed by atoms with Crippen LogP contribution in [0.15, 0.2) is 24.5 Å². The summed E-state index contributed by atoms with van der Waals surface area (Å²) >= 11 is 0. The van der Waals surface area contributed by atoms with Crippen LogP contribution in [0.1, 0.15) is 24.8 Å². The van der Waals surface area contributed by atoms with Crippen molar-refractivity contribution in [2.45, 2.75) is 31.8 Å². The fourth-order valence-electron chi connectivity index (χ4n) is 3.63. The van der Waals surface area contributed by atoms with Crippen molar-refractivity contribution in [3.8, 4) is 0 Å². The highest BCUT2D eigenvalue weighted by atomic mass is 16.5. The molecule has 1 aliphatic heterocycles. The fraction of sp³-hybridized carbons (Fsp3) is 0.556. The van der Waals surface area contributed by atoms with E-state index < -0.39 is 6.03 Å². The molecule has 8 nitrogen and oxygen atoms in total. The first kappa shape index (κ1) is 18.3. The molecule has 140 valence electrons. The molecule has 1 saturated carbocycles. The van der Waals surface area contributed by atoms with Crippen LogP contribution in [0.4, 0.5) is 4.79 Å². The lowest BCUT2D eigenvalue weighted by molar-refractivity contribution is -0.139. The van der Waals surface area contributed by atoms with Crippen molar-refractivity contribution in [3.63, 3.8) is 0 Å². The molecule has 2 fully saturated rings. The van der Waals surface area contributed by atoms with E-state index in [9.17, 15) is 14.4 Å². The Morgan fingerprint density at radius 1 is 1.42 bits per heavy atom. The number of aromatic nitrogens is 1. The minimum Gasteiger partial charge on any atom is -0.383 e. The summed E-state index contributed by atoms with van der Waals surface area (Å²) < 4.78 is 4.96. The maximum atomic E-state index is 12.6. The number of carbonyl (C=O) groups is 3. The Hall–Kier alpha value is -2.48. The Bertz CT molecular complexity index is 666. The number of fused-ring (bicyclic) bond motifs is 1. The maximum absolute atomic E-state index is 12.6. The highest BCUT2D eigenvalue weighted by molar-refractivity contribution is 5.99. The molecule has 4 amide bonds. The van der Waals surface area contributed by atoms with Gasteiger partial charge in [-0.1, -0.05) is 6.07 Å². The second-order valence-electron chi connectivity index (χ2n) is 6.73. The summed E-state index contributed by atoms with van der Waals surface area (Å²) in [4.78, 5) is 42.4. The lowest BCUT2D eigenvalue weighted by Gasteiger charge is -2.41. The normalized spacial score (nSPS) is 25.4. The van der Waals surface area contributed by atoms with E-state index in [1.54, 1.807) is 12.4 Å². The Balaban J connectivity index is 1.55. The zero-order valence-corrected chi connectivity index (χ0v) is 14.8. The topological polar surface area (TPSA) is 101 Å². The van der Waals surface area contributed by atoms with Gasteiger partial charge in [0.15, 0.2) is 0 Å². The van der Waals surface area contributed by atoms with Gasteiger partial charge in [-0.15, -0.1) is 0 Å². The third-order valence-corrected chi connectivity index (χ3v) is 5.07. The van der Waals surface area contributed by atoms with Gasteiger partial charge < -0.3 is 15.4 Å². The Kier molecular flexibility index (Phi) is 5.82. The average Bonchev–Trinajstić information content (AvgIpc) is 2.66. The molecule has 8 heteroatoms. The molecule has 2 N–H and O–H groups in total. The molecule has 3 unspecified atom stereocenters. The number of methoxy groups -OCH3 is 1. The summed E-state index contributed by atoms with van der Waals surface area (Å²) in [6.45, 7) is 0.989. The molecule has 0 aromatic carbocycles. The SMILES string of the molecule is COCCN1C(=O)NC2CC(C(=O)NCc3cccnc3)CCC2C1=O. The first-order chi connectivity index (χ1) is 12.6. The number of rotatable bonds is 6. The summed E-state index contributed by atoms with van der Waals surface area (Å²) in [5.74, 6) is -0.667. The molecule has 0 radical (unpaired) electrons. The number of urea groups is 1. The molecule has 1 saturated heterocycles. The first-order valence-corrected chi connectivity index (χ1v) is 8.87. The number of hydrogen-bond acceptors (Lipinski definition) is 5. The van der Waals surface area contributed by atoms with Crippen molar-refractivity contribution in [2.24, 2.45) is 11.8 Å². The molecular weight excluding hydrogens is 336 g/mol. The van der Waals surface area contributed by atoms with Gasteiger partial charge in [0.05, 0.1) is 19.1 Å². The van der Waals surface area contributed by atoms with Gasteiger partial charge in [0.1, 0.15) is 0 Å². The molecule has 1 aromatic rings. The van der Waals surface area contributed by atoms with E-state index in [4.69, 9.17) is 4.74 Å².